The Balaban J connectivity index is 3.02. The van der Waals surface area contributed by atoms with Gasteiger partial charge in [-0.15, -0.1) is 0 Å². The number of furan rings is 1. The summed E-state index contributed by atoms with van der Waals surface area (Å²) in [6.45, 7) is 2.95. The van der Waals surface area contributed by atoms with Gasteiger partial charge in [-0.1, -0.05) is 0 Å². The van der Waals surface area contributed by atoms with Crippen LogP contribution < -0.4 is 0 Å². The van der Waals surface area contributed by atoms with Crippen LogP contribution in [0.2, 0.25) is 0 Å². The standard InChI is InChI=1S/C8H8O3/c1-5-3-4-11-8(5)7(10)6(2)9/h3-4H,1-2H3. The van der Waals surface area contributed by atoms with Gasteiger partial charge in [0.05, 0.1) is 6.26 Å². The van der Waals surface area contributed by atoms with E-state index >= 15 is 0 Å². The molecule has 0 aliphatic heterocycles. The largest absolute Gasteiger partial charge is 0.460 e. The third-order valence-corrected chi connectivity index (χ3v) is 1.39. The van der Waals surface area contributed by atoms with Crippen molar-refractivity contribution >= 4 is 11.6 Å². The average molecular weight is 152 g/mol. The second-order valence-corrected chi connectivity index (χ2v) is 2.32. The van der Waals surface area contributed by atoms with Crippen LogP contribution in [0, 0.1) is 6.92 Å². The van der Waals surface area contributed by atoms with Gasteiger partial charge in [-0.05, 0) is 18.6 Å². The molecule has 0 fully saturated rings. The summed E-state index contributed by atoms with van der Waals surface area (Å²) >= 11 is 0. The summed E-state index contributed by atoms with van der Waals surface area (Å²) in [5, 5.41) is 0. The molecule has 0 aromatic carbocycles. The Morgan fingerprint density at radius 2 is 2.09 bits per heavy atom. The molecule has 0 N–H and O–H groups in total. The summed E-state index contributed by atoms with van der Waals surface area (Å²) in [6, 6.07) is 1.65. The highest BCUT2D eigenvalue weighted by Crippen LogP contribution is 2.09. The van der Waals surface area contributed by atoms with E-state index in [1.54, 1.807) is 13.0 Å². The molecular formula is C8H8O3. The van der Waals surface area contributed by atoms with E-state index in [-0.39, 0.29) is 5.76 Å². The van der Waals surface area contributed by atoms with Crippen molar-refractivity contribution in [3.63, 3.8) is 0 Å². The van der Waals surface area contributed by atoms with Gasteiger partial charge in [-0.3, -0.25) is 9.59 Å². The first-order chi connectivity index (χ1) is 5.13. The van der Waals surface area contributed by atoms with Crippen LogP contribution in [-0.4, -0.2) is 11.6 Å². The summed E-state index contributed by atoms with van der Waals surface area (Å²) in [5.41, 5.74) is 0.699. The van der Waals surface area contributed by atoms with Crippen molar-refractivity contribution in [3.05, 3.63) is 23.7 Å². The molecule has 0 radical (unpaired) electrons. The Bertz CT molecular complexity index is 296. The number of hydrogen-bond donors (Lipinski definition) is 0. The van der Waals surface area contributed by atoms with E-state index in [2.05, 4.69) is 0 Å². The van der Waals surface area contributed by atoms with Crippen molar-refractivity contribution in [2.45, 2.75) is 13.8 Å². The molecule has 0 unspecified atom stereocenters. The molecular weight excluding hydrogens is 144 g/mol. The molecule has 1 rings (SSSR count). The van der Waals surface area contributed by atoms with Gasteiger partial charge in [0.2, 0.25) is 5.78 Å². The zero-order valence-electron chi connectivity index (χ0n) is 6.38. The highest BCUT2D eigenvalue weighted by molar-refractivity contribution is 6.42. The Labute approximate surface area is 64.0 Å². The van der Waals surface area contributed by atoms with E-state index < -0.39 is 11.6 Å². The van der Waals surface area contributed by atoms with E-state index in [9.17, 15) is 9.59 Å². The minimum absolute atomic E-state index is 0.150. The summed E-state index contributed by atoms with van der Waals surface area (Å²) in [5.74, 6) is -0.909. The molecule has 0 atom stereocenters. The monoisotopic (exact) mass is 152 g/mol. The van der Waals surface area contributed by atoms with Crippen molar-refractivity contribution in [3.8, 4) is 0 Å². The van der Waals surface area contributed by atoms with Gasteiger partial charge < -0.3 is 4.42 Å². The molecule has 0 spiro atoms. The maximum atomic E-state index is 11.0. The molecule has 3 nitrogen and oxygen atoms in total. The normalized spacial score (nSPS) is 9.64. The lowest BCUT2D eigenvalue weighted by molar-refractivity contribution is -0.113. The van der Waals surface area contributed by atoms with Crippen molar-refractivity contribution in [1.82, 2.24) is 0 Å². The third kappa shape index (κ3) is 1.37. The summed E-state index contributed by atoms with van der Waals surface area (Å²) in [6.07, 6.45) is 1.39. The van der Waals surface area contributed by atoms with Crippen LogP contribution in [0.4, 0.5) is 0 Å². The highest BCUT2D eigenvalue weighted by atomic mass is 16.3. The fourth-order valence-corrected chi connectivity index (χ4v) is 0.765. The van der Waals surface area contributed by atoms with Gasteiger partial charge in [-0.25, -0.2) is 0 Å². The first-order valence-electron chi connectivity index (χ1n) is 3.22. The maximum Gasteiger partial charge on any atom is 0.263 e. The minimum Gasteiger partial charge on any atom is -0.460 e. The molecule has 0 aliphatic rings. The van der Waals surface area contributed by atoms with E-state index in [1.165, 1.54) is 13.2 Å². The Morgan fingerprint density at radius 1 is 1.45 bits per heavy atom. The first kappa shape index (κ1) is 7.72. The summed E-state index contributed by atoms with van der Waals surface area (Å²) in [4.78, 5) is 21.6. The molecule has 0 amide bonds. The van der Waals surface area contributed by atoms with Crippen LogP contribution >= 0.6 is 0 Å². The smallest absolute Gasteiger partial charge is 0.263 e. The zero-order chi connectivity index (χ0) is 8.43. The van der Waals surface area contributed by atoms with E-state index in [1.807, 2.05) is 0 Å². The fraction of sp³-hybridized carbons (Fsp3) is 0.250. The number of carbonyl (C=O) groups excluding carboxylic acids is 2. The number of Topliss-reactive ketones (excluding diaryl/α,β-unsaturated/α-hetero) is 2. The lowest BCUT2D eigenvalue weighted by Crippen LogP contribution is -2.09. The zero-order valence-corrected chi connectivity index (χ0v) is 6.38. The van der Waals surface area contributed by atoms with Crippen LogP contribution in [0.25, 0.3) is 0 Å². The van der Waals surface area contributed by atoms with Gasteiger partial charge >= 0.3 is 0 Å². The highest BCUT2D eigenvalue weighted by Gasteiger charge is 2.16. The van der Waals surface area contributed by atoms with Crippen LogP contribution in [0.5, 0.6) is 0 Å². The van der Waals surface area contributed by atoms with Crippen molar-refractivity contribution in [2.75, 3.05) is 0 Å². The summed E-state index contributed by atoms with van der Waals surface area (Å²) in [7, 11) is 0. The quantitative estimate of drug-likeness (QED) is 0.474. The Morgan fingerprint density at radius 3 is 2.45 bits per heavy atom. The van der Waals surface area contributed by atoms with Crippen LogP contribution in [-0.2, 0) is 4.79 Å². The van der Waals surface area contributed by atoms with Crippen LogP contribution in [0.3, 0.4) is 0 Å². The number of carbonyl (C=O) groups is 2. The number of hydrogen-bond acceptors (Lipinski definition) is 3. The lowest BCUT2D eigenvalue weighted by Gasteiger charge is -1.90. The summed E-state index contributed by atoms with van der Waals surface area (Å²) < 4.78 is 4.82. The maximum absolute atomic E-state index is 11.0. The minimum atomic E-state index is -0.563. The van der Waals surface area contributed by atoms with Crippen molar-refractivity contribution in [1.29, 1.82) is 0 Å². The van der Waals surface area contributed by atoms with Gasteiger partial charge in [0, 0.05) is 6.92 Å². The Hall–Kier alpha value is -1.38. The fourth-order valence-electron chi connectivity index (χ4n) is 0.765. The first-order valence-corrected chi connectivity index (χ1v) is 3.22. The molecule has 0 aliphatic carbocycles. The molecule has 58 valence electrons. The molecule has 0 saturated carbocycles. The van der Waals surface area contributed by atoms with E-state index in [0.29, 0.717) is 5.56 Å². The topological polar surface area (TPSA) is 47.3 Å². The van der Waals surface area contributed by atoms with Gasteiger partial charge in [0.1, 0.15) is 0 Å². The molecule has 11 heavy (non-hydrogen) atoms. The third-order valence-electron chi connectivity index (χ3n) is 1.39. The second-order valence-electron chi connectivity index (χ2n) is 2.32. The van der Waals surface area contributed by atoms with Gasteiger partial charge in [-0.2, -0.15) is 0 Å². The molecule has 0 bridgehead atoms. The lowest BCUT2D eigenvalue weighted by atomic mass is 10.1. The molecule has 3 heteroatoms. The molecule has 0 saturated heterocycles. The van der Waals surface area contributed by atoms with Gasteiger partial charge in [0.25, 0.3) is 5.78 Å². The van der Waals surface area contributed by atoms with Crippen molar-refractivity contribution in [2.24, 2.45) is 0 Å². The number of aryl methyl sites for hydroxylation is 1. The molecule has 1 heterocycles. The predicted octanol–water partition coefficient (Wildman–Crippen LogP) is 1.36. The van der Waals surface area contributed by atoms with Crippen molar-refractivity contribution < 1.29 is 14.0 Å². The SMILES string of the molecule is CC(=O)C(=O)c1occc1C. The molecule has 1 aromatic rings. The van der Waals surface area contributed by atoms with Crippen LogP contribution in [0.15, 0.2) is 16.7 Å². The number of ketones is 2. The molecule has 1 aromatic heterocycles. The Kier molecular flexibility index (Phi) is 1.89. The average Bonchev–Trinajstić information content (AvgIpc) is 2.33. The van der Waals surface area contributed by atoms with Crippen LogP contribution in [0.1, 0.15) is 23.0 Å². The van der Waals surface area contributed by atoms with Gasteiger partial charge in [0.15, 0.2) is 5.76 Å². The van der Waals surface area contributed by atoms with E-state index in [0.717, 1.165) is 0 Å². The second kappa shape index (κ2) is 2.70. The predicted molar refractivity (Wildman–Crippen MR) is 38.5 cm³/mol. The van der Waals surface area contributed by atoms with E-state index in [4.69, 9.17) is 4.42 Å². The number of rotatable bonds is 2.